The molecule has 2 aromatic rings. The van der Waals surface area contributed by atoms with E-state index in [1.54, 1.807) is 0 Å². The average molecular weight is 463 g/mol. The summed E-state index contributed by atoms with van der Waals surface area (Å²) in [6, 6.07) is 16.0. The monoisotopic (exact) mass is 462 g/mol. The van der Waals surface area contributed by atoms with Gasteiger partial charge in [0, 0.05) is 30.0 Å². The number of nitrogens with one attached hydrogen (secondary N) is 2. The Morgan fingerprint density at radius 1 is 1.06 bits per heavy atom. The van der Waals surface area contributed by atoms with Crippen LogP contribution in [0.3, 0.4) is 0 Å². The highest BCUT2D eigenvalue weighted by molar-refractivity contribution is 5.94. The van der Waals surface area contributed by atoms with E-state index in [9.17, 15) is 14.4 Å². The van der Waals surface area contributed by atoms with Gasteiger partial charge < -0.3 is 20.5 Å². The van der Waals surface area contributed by atoms with Crippen LogP contribution in [0.5, 0.6) is 0 Å². The Hall–Kier alpha value is -3.61. The van der Waals surface area contributed by atoms with E-state index in [-0.39, 0.29) is 36.9 Å². The van der Waals surface area contributed by atoms with Crippen LogP contribution in [0.25, 0.3) is 11.1 Å². The van der Waals surface area contributed by atoms with E-state index in [2.05, 4.69) is 34.9 Å². The van der Waals surface area contributed by atoms with E-state index in [1.165, 1.54) is 11.1 Å². The summed E-state index contributed by atoms with van der Waals surface area (Å²) >= 11 is 0. The summed E-state index contributed by atoms with van der Waals surface area (Å²) in [5.41, 5.74) is 5.28. The van der Waals surface area contributed by atoms with Crippen molar-refractivity contribution in [3.8, 4) is 11.1 Å². The van der Waals surface area contributed by atoms with Crippen molar-refractivity contribution in [3.05, 3.63) is 71.3 Å². The van der Waals surface area contributed by atoms with Gasteiger partial charge in [0.2, 0.25) is 5.91 Å². The quantitative estimate of drug-likeness (QED) is 0.513. The van der Waals surface area contributed by atoms with Gasteiger partial charge in [0.15, 0.2) is 0 Å². The van der Waals surface area contributed by atoms with Crippen LogP contribution in [0.1, 0.15) is 56.1 Å². The van der Waals surface area contributed by atoms with Gasteiger partial charge in [-0.3, -0.25) is 9.59 Å². The minimum Gasteiger partial charge on any atom is -0.481 e. The van der Waals surface area contributed by atoms with Crippen LogP contribution >= 0.6 is 0 Å². The average Bonchev–Trinajstić information content (AvgIpc) is 3.43. The highest BCUT2D eigenvalue weighted by Gasteiger charge is 2.30. The third-order valence-electron chi connectivity index (χ3n) is 6.61. The number of benzene rings is 2. The van der Waals surface area contributed by atoms with Crippen LogP contribution in [0, 0.1) is 0 Å². The molecule has 2 aromatic carbocycles. The van der Waals surface area contributed by atoms with Crippen LogP contribution in [-0.2, 0) is 14.3 Å². The Labute approximate surface area is 199 Å². The summed E-state index contributed by atoms with van der Waals surface area (Å²) in [7, 11) is 0. The first-order valence-corrected chi connectivity index (χ1v) is 11.8. The predicted octanol–water partition coefficient (Wildman–Crippen LogP) is 4.37. The molecule has 2 unspecified atom stereocenters. The van der Waals surface area contributed by atoms with Gasteiger partial charge in [-0.05, 0) is 47.9 Å². The molecule has 0 spiro atoms. The highest BCUT2D eigenvalue weighted by Crippen LogP contribution is 2.44. The van der Waals surface area contributed by atoms with Crippen molar-refractivity contribution in [1.82, 2.24) is 10.6 Å². The Morgan fingerprint density at radius 3 is 2.32 bits per heavy atom. The lowest BCUT2D eigenvalue weighted by atomic mass is 9.98. The topological polar surface area (TPSA) is 105 Å². The zero-order valence-corrected chi connectivity index (χ0v) is 19.3. The number of carbonyl (C=O) groups excluding carboxylic acids is 2. The summed E-state index contributed by atoms with van der Waals surface area (Å²) < 4.78 is 5.60. The van der Waals surface area contributed by atoms with Gasteiger partial charge in [-0.15, -0.1) is 0 Å². The van der Waals surface area contributed by atoms with Gasteiger partial charge in [0.25, 0.3) is 0 Å². The van der Waals surface area contributed by atoms with Gasteiger partial charge >= 0.3 is 12.1 Å². The number of amides is 2. The molecule has 7 nitrogen and oxygen atoms in total. The molecule has 0 saturated carbocycles. The summed E-state index contributed by atoms with van der Waals surface area (Å²) in [6.45, 7) is 2.16. The van der Waals surface area contributed by atoms with Crippen LogP contribution in [0.15, 0.2) is 60.2 Å². The van der Waals surface area contributed by atoms with Crippen molar-refractivity contribution >= 4 is 18.0 Å². The third kappa shape index (κ3) is 5.30. The molecule has 2 amide bonds. The van der Waals surface area contributed by atoms with E-state index in [0.29, 0.717) is 31.3 Å². The van der Waals surface area contributed by atoms with Crippen LogP contribution in [-0.4, -0.2) is 41.8 Å². The standard InChI is InChI=1S/C27H30N2O5/c1-2-18(13-14-25(30)31)28-26(32)17-11-12-19(15-17)29-27(33)34-16-24-22-9-5-3-7-20(22)21-8-4-6-10-23(21)24/h3-11,18-19,24H,2,12-16H2,1H3,(H,28,32)(H,29,33)(H,30,31). The van der Waals surface area contributed by atoms with E-state index in [4.69, 9.17) is 9.84 Å². The Bertz CT molecular complexity index is 1060. The molecule has 0 radical (unpaired) electrons. The smallest absolute Gasteiger partial charge is 0.407 e. The number of ether oxygens (including phenoxy) is 1. The van der Waals surface area contributed by atoms with E-state index < -0.39 is 12.1 Å². The third-order valence-corrected chi connectivity index (χ3v) is 6.61. The number of aliphatic carboxylic acids is 1. The Kier molecular flexibility index (Phi) is 7.30. The number of fused-ring (bicyclic) bond motifs is 3. The fraction of sp³-hybridized carbons (Fsp3) is 0.370. The largest absolute Gasteiger partial charge is 0.481 e. The second-order valence-electron chi connectivity index (χ2n) is 8.85. The molecule has 0 aliphatic heterocycles. The lowest BCUT2D eigenvalue weighted by Crippen LogP contribution is -2.37. The predicted molar refractivity (Wildman–Crippen MR) is 128 cm³/mol. The maximum Gasteiger partial charge on any atom is 0.407 e. The summed E-state index contributed by atoms with van der Waals surface area (Å²) in [6.07, 6.45) is 3.39. The van der Waals surface area contributed by atoms with Gasteiger partial charge in [-0.2, -0.15) is 0 Å². The number of rotatable bonds is 9. The first-order valence-electron chi connectivity index (χ1n) is 11.8. The first-order chi connectivity index (χ1) is 16.5. The molecule has 2 atom stereocenters. The van der Waals surface area contributed by atoms with Gasteiger partial charge in [-0.1, -0.05) is 61.5 Å². The lowest BCUT2D eigenvalue weighted by molar-refractivity contribution is -0.137. The molecular formula is C27H30N2O5. The Morgan fingerprint density at radius 2 is 1.71 bits per heavy atom. The normalized spacial score (nSPS) is 17.3. The number of alkyl carbamates (subject to hydrolysis) is 1. The van der Waals surface area contributed by atoms with E-state index in [0.717, 1.165) is 11.1 Å². The second kappa shape index (κ2) is 10.5. The van der Waals surface area contributed by atoms with E-state index in [1.807, 2.05) is 37.3 Å². The molecular weight excluding hydrogens is 432 g/mol. The van der Waals surface area contributed by atoms with Gasteiger partial charge in [0.1, 0.15) is 6.61 Å². The van der Waals surface area contributed by atoms with Crippen molar-refractivity contribution in [2.45, 2.75) is 57.0 Å². The SMILES string of the molecule is CCC(CCC(=O)O)NC(=O)C1=CCC(NC(=O)OCC2c3ccccc3-c3ccccc32)C1. The maximum absolute atomic E-state index is 12.6. The van der Waals surface area contributed by atoms with Crippen molar-refractivity contribution in [3.63, 3.8) is 0 Å². The molecule has 7 heteroatoms. The molecule has 34 heavy (non-hydrogen) atoms. The molecule has 0 saturated heterocycles. The molecule has 0 heterocycles. The van der Waals surface area contributed by atoms with Crippen molar-refractivity contribution < 1.29 is 24.2 Å². The molecule has 2 aliphatic carbocycles. The van der Waals surface area contributed by atoms with Crippen LogP contribution in [0.2, 0.25) is 0 Å². The highest BCUT2D eigenvalue weighted by atomic mass is 16.5. The van der Waals surface area contributed by atoms with Crippen LogP contribution in [0.4, 0.5) is 4.79 Å². The minimum atomic E-state index is -0.875. The van der Waals surface area contributed by atoms with Crippen molar-refractivity contribution in [1.29, 1.82) is 0 Å². The molecule has 2 aliphatic rings. The summed E-state index contributed by atoms with van der Waals surface area (Å²) in [4.78, 5) is 35.9. The second-order valence-corrected chi connectivity index (χ2v) is 8.85. The summed E-state index contributed by atoms with van der Waals surface area (Å²) in [5.74, 6) is -1.08. The molecule has 0 bridgehead atoms. The number of carboxylic acid groups (broad SMARTS) is 1. The minimum absolute atomic E-state index is 0.00188. The number of hydrogen-bond acceptors (Lipinski definition) is 4. The van der Waals surface area contributed by atoms with Crippen molar-refractivity contribution in [2.75, 3.05) is 6.61 Å². The summed E-state index contributed by atoms with van der Waals surface area (Å²) in [5, 5.41) is 14.6. The molecule has 3 N–H and O–H groups in total. The Balaban J connectivity index is 1.27. The molecule has 4 rings (SSSR count). The number of carboxylic acids is 1. The zero-order valence-electron chi connectivity index (χ0n) is 19.3. The molecule has 178 valence electrons. The maximum atomic E-state index is 12.6. The number of carbonyl (C=O) groups is 3. The van der Waals surface area contributed by atoms with E-state index >= 15 is 0 Å². The molecule has 0 aromatic heterocycles. The molecule has 0 fully saturated rings. The first kappa shape index (κ1) is 23.5. The van der Waals surface area contributed by atoms with Crippen molar-refractivity contribution in [2.24, 2.45) is 0 Å². The zero-order chi connectivity index (χ0) is 24.1. The number of hydrogen-bond donors (Lipinski definition) is 3. The fourth-order valence-corrected chi connectivity index (χ4v) is 4.77. The van der Waals surface area contributed by atoms with Crippen LogP contribution < -0.4 is 10.6 Å². The van der Waals surface area contributed by atoms with Gasteiger partial charge in [-0.25, -0.2) is 4.79 Å². The fourth-order valence-electron chi connectivity index (χ4n) is 4.77. The van der Waals surface area contributed by atoms with Gasteiger partial charge in [0.05, 0.1) is 0 Å². The lowest BCUT2D eigenvalue weighted by Gasteiger charge is -2.18.